The minimum absolute atomic E-state index is 0.289. The zero-order chi connectivity index (χ0) is 13.0. The standard InChI is InChI=1S/C14H27NO3/c1-10-6-14(7-11(2)17-10)16-9-13-5-4-12(18-13)8-15-3/h10-15H,4-9H2,1-3H3. The Labute approximate surface area is 110 Å². The molecule has 0 aromatic carbocycles. The number of nitrogens with one attached hydrogen (secondary N) is 1. The molecule has 4 atom stereocenters. The van der Waals surface area contributed by atoms with E-state index in [1.807, 2.05) is 7.05 Å². The topological polar surface area (TPSA) is 39.7 Å². The van der Waals surface area contributed by atoms with Gasteiger partial charge in [-0.1, -0.05) is 0 Å². The molecule has 4 unspecified atom stereocenters. The molecule has 2 heterocycles. The van der Waals surface area contributed by atoms with Gasteiger partial charge < -0.3 is 19.5 Å². The van der Waals surface area contributed by atoms with E-state index in [0.29, 0.717) is 24.4 Å². The molecule has 2 aliphatic heterocycles. The zero-order valence-electron chi connectivity index (χ0n) is 11.9. The summed E-state index contributed by atoms with van der Waals surface area (Å²) >= 11 is 0. The fourth-order valence-electron chi connectivity index (χ4n) is 3.00. The van der Waals surface area contributed by atoms with Gasteiger partial charge in [0.2, 0.25) is 0 Å². The van der Waals surface area contributed by atoms with Crippen molar-refractivity contribution in [2.75, 3.05) is 20.2 Å². The number of likely N-dealkylation sites (N-methyl/N-ethyl adjacent to an activating group) is 1. The second-order valence-electron chi connectivity index (χ2n) is 5.70. The molecule has 18 heavy (non-hydrogen) atoms. The van der Waals surface area contributed by atoms with Gasteiger partial charge in [0.1, 0.15) is 0 Å². The van der Waals surface area contributed by atoms with Gasteiger partial charge in [0.25, 0.3) is 0 Å². The van der Waals surface area contributed by atoms with Crippen LogP contribution in [0.5, 0.6) is 0 Å². The van der Waals surface area contributed by atoms with Crippen molar-refractivity contribution in [3.8, 4) is 0 Å². The van der Waals surface area contributed by atoms with Gasteiger partial charge >= 0.3 is 0 Å². The average molecular weight is 257 g/mol. The van der Waals surface area contributed by atoms with Gasteiger partial charge in [-0.2, -0.15) is 0 Å². The molecule has 0 aromatic heterocycles. The van der Waals surface area contributed by atoms with Crippen LogP contribution in [-0.2, 0) is 14.2 Å². The van der Waals surface area contributed by atoms with E-state index in [9.17, 15) is 0 Å². The largest absolute Gasteiger partial charge is 0.375 e. The van der Waals surface area contributed by atoms with E-state index in [1.54, 1.807) is 0 Å². The Kier molecular flexibility index (Phi) is 5.42. The molecule has 0 amide bonds. The van der Waals surface area contributed by atoms with E-state index < -0.39 is 0 Å². The van der Waals surface area contributed by atoms with E-state index in [0.717, 1.165) is 38.8 Å². The lowest BCUT2D eigenvalue weighted by atomic mass is 10.0. The Morgan fingerprint density at radius 3 is 2.39 bits per heavy atom. The second kappa shape index (κ2) is 6.85. The highest BCUT2D eigenvalue weighted by atomic mass is 16.6. The summed E-state index contributed by atoms with van der Waals surface area (Å²) in [5.41, 5.74) is 0. The fraction of sp³-hybridized carbons (Fsp3) is 1.00. The third-order valence-electron chi connectivity index (χ3n) is 3.80. The summed E-state index contributed by atoms with van der Waals surface area (Å²) in [6, 6.07) is 0. The Morgan fingerprint density at radius 1 is 1.06 bits per heavy atom. The van der Waals surface area contributed by atoms with Crippen LogP contribution in [-0.4, -0.2) is 50.7 Å². The lowest BCUT2D eigenvalue weighted by molar-refractivity contribution is -0.118. The van der Waals surface area contributed by atoms with Crippen LogP contribution in [0.1, 0.15) is 39.5 Å². The van der Waals surface area contributed by atoms with Crippen LogP contribution in [0.4, 0.5) is 0 Å². The molecule has 0 aliphatic carbocycles. The third kappa shape index (κ3) is 4.19. The maximum atomic E-state index is 6.01. The summed E-state index contributed by atoms with van der Waals surface area (Å²) in [7, 11) is 1.97. The molecule has 2 aliphatic rings. The van der Waals surface area contributed by atoms with Crippen molar-refractivity contribution in [1.82, 2.24) is 5.32 Å². The first-order valence-electron chi connectivity index (χ1n) is 7.24. The van der Waals surface area contributed by atoms with Gasteiger partial charge in [0, 0.05) is 6.54 Å². The predicted octanol–water partition coefficient (Wildman–Crippen LogP) is 1.73. The SMILES string of the molecule is CNCC1CCC(COC2CC(C)OC(C)C2)O1. The van der Waals surface area contributed by atoms with Gasteiger partial charge in [0.05, 0.1) is 37.1 Å². The van der Waals surface area contributed by atoms with Crippen LogP contribution in [0.25, 0.3) is 0 Å². The molecule has 0 radical (unpaired) electrons. The number of hydrogen-bond donors (Lipinski definition) is 1. The van der Waals surface area contributed by atoms with Gasteiger partial charge in [0.15, 0.2) is 0 Å². The molecular weight excluding hydrogens is 230 g/mol. The summed E-state index contributed by atoms with van der Waals surface area (Å²) in [6.07, 6.45) is 5.94. The van der Waals surface area contributed by atoms with Crippen molar-refractivity contribution in [3.05, 3.63) is 0 Å². The molecule has 4 heteroatoms. The summed E-state index contributed by atoms with van der Waals surface area (Å²) in [6.45, 7) is 5.94. The summed E-state index contributed by atoms with van der Waals surface area (Å²) in [5, 5.41) is 3.16. The monoisotopic (exact) mass is 257 g/mol. The molecule has 2 fully saturated rings. The zero-order valence-corrected chi connectivity index (χ0v) is 11.9. The van der Waals surface area contributed by atoms with Crippen molar-refractivity contribution in [2.45, 2.75) is 70.1 Å². The quantitative estimate of drug-likeness (QED) is 0.814. The summed E-state index contributed by atoms with van der Waals surface area (Å²) < 4.78 is 17.7. The number of rotatable bonds is 5. The van der Waals surface area contributed by atoms with Gasteiger partial charge in [-0.3, -0.25) is 0 Å². The summed E-state index contributed by atoms with van der Waals surface area (Å²) in [5.74, 6) is 0. The molecule has 2 rings (SSSR count). The minimum atomic E-state index is 0.289. The van der Waals surface area contributed by atoms with E-state index in [4.69, 9.17) is 14.2 Å². The third-order valence-corrected chi connectivity index (χ3v) is 3.80. The van der Waals surface area contributed by atoms with Crippen LogP contribution in [0.3, 0.4) is 0 Å². The summed E-state index contributed by atoms with van der Waals surface area (Å²) in [4.78, 5) is 0. The van der Waals surface area contributed by atoms with Gasteiger partial charge in [-0.15, -0.1) is 0 Å². The van der Waals surface area contributed by atoms with Crippen molar-refractivity contribution in [2.24, 2.45) is 0 Å². The highest BCUT2D eigenvalue weighted by Gasteiger charge is 2.28. The van der Waals surface area contributed by atoms with Crippen molar-refractivity contribution in [1.29, 1.82) is 0 Å². The Bertz CT molecular complexity index is 239. The lowest BCUT2D eigenvalue weighted by Crippen LogP contribution is -2.35. The molecule has 0 bridgehead atoms. The molecule has 0 saturated carbocycles. The number of hydrogen-bond acceptors (Lipinski definition) is 4. The van der Waals surface area contributed by atoms with Crippen molar-refractivity contribution in [3.63, 3.8) is 0 Å². The van der Waals surface area contributed by atoms with Gasteiger partial charge in [-0.05, 0) is 46.6 Å². The maximum Gasteiger partial charge on any atom is 0.0814 e. The number of ether oxygens (including phenoxy) is 3. The van der Waals surface area contributed by atoms with E-state index in [1.165, 1.54) is 0 Å². The second-order valence-corrected chi connectivity index (χ2v) is 5.70. The highest BCUT2D eigenvalue weighted by Crippen LogP contribution is 2.24. The Morgan fingerprint density at radius 2 is 1.72 bits per heavy atom. The van der Waals surface area contributed by atoms with Crippen molar-refractivity contribution >= 4 is 0 Å². The first-order valence-corrected chi connectivity index (χ1v) is 7.24. The van der Waals surface area contributed by atoms with Crippen LogP contribution >= 0.6 is 0 Å². The Balaban J connectivity index is 1.66. The van der Waals surface area contributed by atoms with Crippen molar-refractivity contribution < 1.29 is 14.2 Å². The van der Waals surface area contributed by atoms with E-state index in [2.05, 4.69) is 19.2 Å². The molecular formula is C14H27NO3. The first-order chi connectivity index (χ1) is 8.67. The molecule has 2 saturated heterocycles. The van der Waals surface area contributed by atoms with Gasteiger partial charge in [-0.25, -0.2) is 0 Å². The molecule has 106 valence electrons. The minimum Gasteiger partial charge on any atom is -0.375 e. The van der Waals surface area contributed by atoms with Crippen LogP contribution in [0.15, 0.2) is 0 Å². The maximum absolute atomic E-state index is 6.01. The lowest BCUT2D eigenvalue weighted by Gasteiger charge is -2.32. The first kappa shape index (κ1) is 14.3. The fourth-order valence-corrected chi connectivity index (χ4v) is 3.00. The predicted molar refractivity (Wildman–Crippen MR) is 70.8 cm³/mol. The van der Waals surface area contributed by atoms with Crippen LogP contribution in [0.2, 0.25) is 0 Å². The smallest absolute Gasteiger partial charge is 0.0814 e. The average Bonchev–Trinajstić information content (AvgIpc) is 2.74. The molecule has 1 N–H and O–H groups in total. The molecule has 0 spiro atoms. The van der Waals surface area contributed by atoms with Crippen LogP contribution in [0, 0.1) is 0 Å². The van der Waals surface area contributed by atoms with E-state index in [-0.39, 0.29) is 6.10 Å². The molecule has 4 nitrogen and oxygen atoms in total. The normalized spacial score (nSPS) is 41.2. The van der Waals surface area contributed by atoms with Crippen LogP contribution < -0.4 is 5.32 Å². The molecule has 0 aromatic rings. The Hall–Kier alpha value is -0.160. The van der Waals surface area contributed by atoms with E-state index >= 15 is 0 Å². The highest BCUT2D eigenvalue weighted by molar-refractivity contribution is 4.77.